The summed E-state index contributed by atoms with van der Waals surface area (Å²) in [5.41, 5.74) is 0. The van der Waals surface area contributed by atoms with Gasteiger partial charge in [0.1, 0.15) is 0 Å². The standard InChI is InChI=1S/C12H14OSe/c1-10(2)8-9-12(13)14-11-6-4-3-5-7-11/h3-10H,1-2H3/b9-8+. The minimum absolute atomic E-state index is 0.0628. The summed E-state index contributed by atoms with van der Waals surface area (Å²) in [6.07, 6.45) is 3.66. The van der Waals surface area contributed by atoms with Crippen LogP contribution in [0.1, 0.15) is 13.8 Å². The predicted molar refractivity (Wildman–Crippen MR) is 60.8 cm³/mol. The summed E-state index contributed by atoms with van der Waals surface area (Å²) in [6.45, 7) is 4.14. The Labute approximate surface area is 91.4 Å². The summed E-state index contributed by atoms with van der Waals surface area (Å²) in [5, 5.41) is 0. The molecule has 0 N–H and O–H groups in total. The van der Waals surface area contributed by atoms with Crippen LogP contribution in [0.4, 0.5) is 0 Å². The maximum absolute atomic E-state index is 11.5. The van der Waals surface area contributed by atoms with Crippen molar-refractivity contribution in [2.24, 2.45) is 5.92 Å². The van der Waals surface area contributed by atoms with E-state index in [1.165, 1.54) is 0 Å². The first-order valence-electron chi connectivity index (χ1n) is 4.63. The van der Waals surface area contributed by atoms with Gasteiger partial charge in [-0.05, 0) is 0 Å². The van der Waals surface area contributed by atoms with E-state index in [4.69, 9.17) is 0 Å². The molecule has 0 aliphatic rings. The van der Waals surface area contributed by atoms with Gasteiger partial charge in [-0.1, -0.05) is 0 Å². The first kappa shape index (κ1) is 11.2. The molecule has 0 atom stereocenters. The molecule has 0 saturated heterocycles. The zero-order valence-electron chi connectivity index (χ0n) is 8.44. The van der Waals surface area contributed by atoms with Gasteiger partial charge >= 0.3 is 91.1 Å². The van der Waals surface area contributed by atoms with Gasteiger partial charge in [-0.2, -0.15) is 0 Å². The van der Waals surface area contributed by atoms with Crippen LogP contribution in [0, 0.1) is 5.92 Å². The van der Waals surface area contributed by atoms with Gasteiger partial charge in [-0.15, -0.1) is 0 Å². The van der Waals surface area contributed by atoms with E-state index in [1.807, 2.05) is 36.4 Å². The van der Waals surface area contributed by atoms with Crippen LogP contribution < -0.4 is 4.46 Å². The molecule has 0 heterocycles. The number of allylic oxidation sites excluding steroid dienone is 2. The van der Waals surface area contributed by atoms with Gasteiger partial charge in [0.25, 0.3) is 0 Å². The number of carbonyl (C=O) groups excluding carboxylic acids is 1. The first-order valence-corrected chi connectivity index (χ1v) is 6.35. The summed E-state index contributed by atoms with van der Waals surface area (Å²) in [5.74, 6) is 0.450. The summed E-state index contributed by atoms with van der Waals surface area (Å²) in [6, 6.07) is 9.91. The second-order valence-electron chi connectivity index (χ2n) is 3.34. The monoisotopic (exact) mass is 254 g/mol. The molecule has 1 aromatic rings. The molecule has 0 amide bonds. The molecule has 1 nitrogen and oxygen atoms in total. The number of rotatable bonds is 4. The topological polar surface area (TPSA) is 17.1 Å². The van der Waals surface area contributed by atoms with Crippen molar-refractivity contribution >= 4 is 24.1 Å². The first-order chi connectivity index (χ1) is 6.68. The molecular weight excluding hydrogens is 239 g/mol. The second-order valence-corrected chi connectivity index (χ2v) is 5.60. The Hall–Kier alpha value is -0.851. The molecule has 0 aliphatic carbocycles. The number of carbonyl (C=O) groups is 1. The van der Waals surface area contributed by atoms with Crippen molar-refractivity contribution < 1.29 is 4.79 Å². The van der Waals surface area contributed by atoms with Crippen LogP contribution in [0.2, 0.25) is 0 Å². The van der Waals surface area contributed by atoms with E-state index in [-0.39, 0.29) is 19.6 Å². The Kier molecular flexibility index (Phi) is 4.64. The number of hydrogen-bond acceptors (Lipinski definition) is 1. The van der Waals surface area contributed by atoms with E-state index >= 15 is 0 Å². The Morgan fingerprint density at radius 1 is 1.29 bits per heavy atom. The molecule has 0 spiro atoms. The van der Waals surface area contributed by atoms with E-state index in [9.17, 15) is 4.79 Å². The summed E-state index contributed by atoms with van der Waals surface area (Å²) in [4.78, 5) is 11.5. The van der Waals surface area contributed by atoms with Crippen LogP contribution in [0.5, 0.6) is 0 Å². The van der Waals surface area contributed by atoms with Crippen molar-refractivity contribution in [2.45, 2.75) is 13.8 Å². The van der Waals surface area contributed by atoms with Gasteiger partial charge in [0, 0.05) is 0 Å². The zero-order chi connectivity index (χ0) is 10.4. The minimum atomic E-state index is -0.0628. The fourth-order valence-electron chi connectivity index (χ4n) is 0.910. The van der Waals surface area contributed by atoms with Crippen LogP contribution in [0.3, 0.4) is 0 Å². The fraction of sp³-hybridized carbons (Fsp3) is 0.250. The van der Waals surface area contributed by atoms with Crippen LogP contribution in [-0.4, -0.2) is 19.6 Å². The predicted octanol–water partition coefficient (Wildman–Crippen LogP) is 1.75. The Morgan fingerprint density at radius 3 is 2.50 bits per heavy atom. The number of hydrogen-bond donors (Lipinski definition) is 0. The van der Waals surface area contributed by atoms with Gasteiger partial charge in [0.2, 0.25) is 0 Å². The van der Waals surface area contributed by atoms with Crippen molar-refractivity contribution in [3.05, 3.63) is 42.5 Å². The number of benzene rings is 1. The van der Waals surface area contributed by atoms with Crippen molar-refractivity contribution in [1.29, 1.82) is 0 Å². The van der Waals surface area contributed by atoms with Gasteiger partial charge in [-0.25, -0.2) is 0 Å². The van der Waals surface area contributed by atoms with E-state index in [0.717, 1.165) is 4.46 Å². The maximum atomic E-state index is 11.5. The molecule has 2 heteroatoms. The summed E-state index contributed by atoms with van der Waals surface area (Å²) in [7, 11) is 0. The fourth-order valence-corrected chi connectivity index (χ4v) is 2.32. The molecule has 0 aromatic heterocycles. The normalized spacial score (nSPS) is 11.1. The third-order valence-electron chi connectivity index (χ3n) is 1.58. The SMILES string of the molecule is CC(C)/C=C/C(=O)[Se]c1ccccc1. The molecule has 74 valence electrons. The van der Waals surface area contributed by atoms with Crippen LogP contribution >= 0.6 is 0 Å². The van der Waals surface area contributed by atoms with E-state index in [0.29, 0.717) is 5.92 Å². The van der Waals surface area contributed by atoms with Crippen LogP contribution in [0.15, 0.2) is 42.5 Å². The van der Waals surface area contributed by atoms with Gasteiger partial charge < -0.3 is 0 Å². The van der Waals surface area contributed by atoms with Crippen molar-refractivity contribution in [3.8, 4) is 0 Å². The summed E-state index contributed by atoms with van der Waals surface area (Å²) >= 11 is -0.0628. The van der Waals surface area contributed by atoms with Crippen LogP contribution in [-0.2, 0) is 4.79 Å². The van der Waals surface area contributed by atoms with Crippen molar-refractivity contribution in [3.63, 3.8) is 0 Å². The third-order valence-corrected chi connectivity index (χ3v) is 3.35. The van der Waals surface area contributed by atoms with Gasteiger partial charge in [-0.3, -0.25) is 0 Å². The molecule has 1 rings (SSSR count). The Morgan fingerprint density at radius 2 is 1.93 bits per heavy atom. The molecule has 0 saturated carbocycles. The van der Waals surface area contributed by atoms with Crippen LogP contribution in [0.25, 0.3) is 0 Å². The third kappa shape index (κ3) is 4.40. The quantitative estimate of drug-likeness (QED) is 0.590. The van der Waals surface area contributed by atoms with Crippen molar-refractivity contribution in [1.82, 2.24) is 0 Å². The average Bonchev–Trinajstić information content (AvgIpc) is 2.16. The molecule has 1 aromatic carbocycles. The van der Waals surface area contributed by atoms with Crippen molar-refractivity contribution in [2.75, 3.05) is 0 Å². The van der Waals surface area contributed by atoms with E-state index < -0.39 is 0 Å². The van der Waals surface area contributed by atoms with E-state index in [1.54, 1.807) is 6.08 Å². The Balaban J connectivity index is 2.50. The molecule has 0 fully saturated rings. The zero-order valence-corrected chi connectivity index (χ0v) is 10.1. The molecule has 0 bridgehead atoms. The molecule has 0 aliphatic heterocycles. The molecule has 14 heavy (non-hydrogen) atoms. The average molecular weight is 253 g/mol. The molecule has 0 unspecified atom stereocenters. The molecular formula is C12H14OSe. The molecule has 0 radical (unpaired) electrons. The van der Waals surface area contributed by atoms with Gasteiger partial charge in [0.05, 0.1) is 0 Å². The van der Waals surface area contributed by atoms with E-state index in [2.05, 4.69) is 13.8 Å². The van der Waals surface area contributed by atoms with Gasteiger partial charge in [0.15, 0.2) is 0 Å². The second kappa shape index (κ2) is 5.79. The Bertz CT molecular complexity index is 314. The summed E-state index contributed by atoms with van der Waals surface area (Å²) < 4.78 is 1.37.